The molecular formula is C16H14F2O. The smallest absolute Gasteiger partial charge is 0.288 e. The highest BCUT2D eigenvalue weighted by atomic mass is 19.3. The third-order valence-electron chi connectivity index (χ3n) is 3.17. The van der Waals surface area contributed by atoms with Crippen LogP contribution in [0.4, 0.5) is 8.78 Å². The molecule has 0 aromatic heterocycles. The molecule has 0 aliphatic rings. The zero-order valence-corrected chi connectivity index (χ0v) is 10.5. The largest absolute Gasteiger partial charge is 0.300 e. The zero-order valence-electron chi connectivity index (χ0n) is 10.5. The van der Waals surface area contributed by atoms with Gasteiger partial charge in [0.1, 0.15) is 0 Å². The van der Waals surface area contributed by atoms with Gasteiger partial charge in [-0.3, -0.25) is 4.79 Å². The molecule has 0 aliphatic heterocycles. The molecule has 0 spiro atoms. The summed E-state index contributed by atoms with van der Waals surface area (Å²) < 4.78 is 24.8. The van der Waals surface area contributed by atoms with E-state index in [9.17, 15) is 13.6 Å². The maximum absolute atomic E-state index is 12.4. The highest BCUT2D eigenvalue weighted by molar-refractivity contribution is 5.98. The van der Waals surface area contributed by atoms with E-state index in [1.54, 1.807) is 12.1 Å². The third-order valence-corrected chi connectivity index (χ3v) is 3.17. The van der Waals surface area contributed by atoms with Gasteiger partial charge in [0.05, 0.1) is 0 Å². The van der Waals surface area contributed by atoms with Crippen molar-refractivity contribution in [3.63, 3.8) is 0 Å². The van der Waals surface area contributed by atoms with Crippen LogP contribution < -0.4 is 0 Å². The van der Waals surface area contributed by atoms with Crippen molar-refractivity contribution in [2.45, 2.75) is 19.3 Å². The predicted molar refractivity (Wildman–Crippen MR) is 70.7 cm³/mol. The number of benzene rings is 2. The Morgan fingerprint density at radius 2 is 1.58 bits per heavy atom. The molecule has 0 bridgehead atoms. The maximum atomic E-state index is 12.4. The van der Waals surface area contributed by atoms with E-state index >= 15 is 0 Å². The minimum atomic E-state index is -2.96. The number of hydrogen-bond donors (Lipinski definition) is 0. The van der Waals surface area contributed by atoms with Crippen LogP contribution in [0.15, 0.2) is 54.6 Å². The van der Waals surface area contributed by atoms with Crippen LogP contribution in [0.1, 0.15) is 34.3 Å². The summed E-state index contributed by atoms with van der Waals surface area (Å²) in [4.78, 5) is 11.3. The first-order chi connectivity index (χ1) is 9.09. The van der Waals surface area contributed by atoms with Crippen molar-refractivity contribution in [2.24, 2.45) is 0 Å². The van der Waals surface area contributed by atoms with E-state index in [-0.39, 0.29) is 11.5 Å². The number of rotatable bonds is 4. The fraction of sp³-hybridized carbons (Fsp3) is 0.188. The first-order valence-corrected chi connectivity index (χ1v) is 6.07. The third kappa shape index (κ3) is 3.05. The summed E-state index contributed by atoms with van der Waals surface area (Å²) >= 11 is 0. The van der Waals surface area contributed by atoms with E-state index in [2.05, 4.69) is 0 Å². The fourth-order valence-electron chi connectivity index (χ4n) is 2.02. The molecule has 0 radical (unpaired) electrons. The van der Waals surface area contributed by atoms with E-state index in [1.807, 2.05) is 43.3 Å². The number of ketones is 1. The lowest BCUT2D eigenvalue weighted by molar-refractivity contribution is 0.0678. The number of Topliss-reactive ketones (excluding diaryl/α,β-unsaturated/α-hetero) is 1. The molecule has 1 atom stereocenters. The Labute approximate surface area is 110 Å². The summed E-state index contributed by atoms with van der Waals surface area (Å²) in [6.07, 6.45) is -2.96. The van der Waals surface area contributed by atoms with Gasteiger partial charge in [-0.05, 0) is 17.2 Å². The Balaban J connectivity index is 2.31. The molecule has 0 aliphatic carbocycles. The molecule has 0 fully saturated rings. The average Bonchev–Trinajstić information content (AvgIpc) is 2.46. The van der Waals surface area contributed by atoms with E-state index in [1.165, 1.54) is 6.07 Å². The number of alkyl halides is 2. The van der Waals surface area contributed by atoms with Crippen LogP contribution in [-0.4, -0.2) is 12.2 Å². The quantitative estimate of drug-likeness (QED) is 0.750. The number of hydrogen-bond acceptors (Lipinski definition) is 1. The van der Waals surface area contributed by atoms with Gasteiger partial charge in [-0.1, -0.05) is 55.5 Å². The lowest BCUT2D eigenvalue weighted by Crippen LogP contribution is -2.10. The summed E-state index contributed by atoms with van der Waals surface area (Å²) in [5.41, 5.74) is 2.01. The molecule has 0 N–H and O–H groups in total. The number of carbonyl (C=O) groups excluding carboxylic acids is 1. The van der Waals surface area contributed by atoms with Crippen LogP contribution >= 0.6 is 0 Å². The Bertz CT molecular complexity index is 564. The predicted octanol–water partition coefficient (Wildman–Crippen LogP) is 4.29. The molecule has 2 rings (SSSR count). The molecule has 3 heteroatoms. The number of carbonyl (C=O) groups is 1. The van der Waals surface area contributed by atoms with Crippen molar-refractivity contribution in [1.29, 1.82) is 0 Å². The molecule has 19 heavy (non-hydrogen) atoms. The summed E-state index contributed by atoms with van der Waals surface area (Å²) in [6.45, 7) is 1.99. The standard InChI is InChI=1S/C16H14F2O/c1-11(12-6-3-2-4-7-12)13-8-5-9-14(10-13)15(19)16(17)18/h2-11,16H,1H3. The Kier molecular flexibility index (Phi) is 4.05. The normalized spacial score (nSPS) is 12.4. The Morgan fingerprint density at radius 1 is 0.947 bits per heavy atom. The van der Waals surface area contributed by atoms with Gasteiger partial charge in [-0.15, -0.1) is 0 Å². The molecule has 2 aromatic rings. The van der Waals surface area contributed by atoms with E-state index in [0.29, 0.717) is 0 Å². The van der Waals surface area contributed by atoms with E-state index in [4.69, 9.17) is 0 Å². The second-order valence-corrected chi connectivity index (χ2v) is 4.42. The zero-order chi connectivity index (χ0) is 13.8. The molecule has 0 saturated carbocycles. The molecular weight excluding hydrogens is 246 g/mol. The topological polar surface area (TPSA) is 17.1 Å². The average molecular weight is 260 g/mol. The van der Waals surface area contributed by atoms with Crippen molar-refractivity contribution in [3.05, 3.63) is 71.3 Å². The minimum absolute atomic E-state index is 0.0617. The summed E-state index contributed by atoms with van der Waals surface area (Å²) in [7, 11) is 0. The Morgan fingerprint density at radius 3 is 2.21 bits per heavy atom. The van der Waals surface area contributed by atoms with E-state index in [0.717, 1.165) is 11.1 Å². The van der Waals surface area contributed by atoms with Gasteiger partial charge in [0.2, 0.25) is 5.78 Å². The van der Waals surface area contributed by atoms with Crippen molar-refractivity contribution >= 4 is 5.78 Å². The summed E-state index contributed by atoms with van der Waals surface area (Å²) in [6, 6.07) is 16.2. The minimum Gasteiger partial charge on any atom is -0.288 e. The first-order valence-electron chi connectivity index (χ1n) is 6.07. The van der Waals surface area contributed by atoms with E-state index < -0.39 is 12.2 Å². The van der Waals surface area contributed by atoms with Crippen molar-refractivity contribution < 1.29 is 13.6 Å². The van der Waals surface area contributed by atoms with Crippen molar-refractivity contribution in [1.82, 2.24) is 0 Å². The fourth-order valence-corrected chi connectivity index (χ4v) is 2.02. The maximum Gasteiger partial charge on any atom is 0.300 e. The molecule has 0 amide bonds. The van der Waals surface area contributed by atoms with Crippen LogP contribution in [-0.2, 0) is 0 Å². The molecule has 0 saturated heterocycles. The second kappa shape index (κ2) is 5.74. The molecule has 1 unspecified atom stereocenters. The van der Waals surface area contributed by atoms with Gasteiger partial charge in [0.25, 0.3) is 0 Å². The molecule has 98 valence electrons. The number of halogens is 2. The van der Waals surface area contributed by atoms with Crippen LogP contribution in [0.25, 0.3) is 0 Å². The molecule has 2 aromatic carbocycles. The van der Waals surface area contributed by atoms with Gasteiger partial charge < -0.3 is 0 Å². The molecule has 1 nitrogen and oxygen atoms in total. The van der Waals surface area contributed by atoms with Gasteiger partial charge in [-0.2, -0.15) is 0 Å². The van der Waals surface area contributed by atoms with Crippen LogP contribution in [0.5, 0.6) is 0 Å². The first kappa shape index (κ1) is 13.4. The lowest BCUT2D eigenvalue weighted by Gasteiger charge is -2.13. The van der Waals surface area contributed by atoms with Gasteiger partial charge in [-0.25, -0.2) is 8.78 Å². The van der Waals surface area contributed by atoms with Gasteiger partial charge in [0.15, 0.2) is 0 Å². The van der Waals surface area contributed by atoms with Crippen molar-refractivity contribution in [3.8, 4) is 0 Å². The second-order valence-electron chi connectivity index (χ2n) is 4.42. The highest BCUT2D eigenvalue weighted by Crippen LogP contribution is 2.25. The van der Waals surface area contributed by atoms with Crippen LogP contribution in [0.2, 0.25) is 0 Å². The summed E-state index contributed by atoms with van der Waals surface area (Å²) in [5, 5.41) is 0. The lowest BCUT2D eigenvalue weighted by atomic mass is 9.91. The van der Waals surface area contributed by atoms with Crippen LogP contribution in [0.3, 0.4) is 0 Å². The highest BCUT2D eigenvalue weighted by Gasteiger charge is 2.18. The molecule has 0 heterocycles. The van der Waals surface area contributed by atoms with Crippen LogP contribution in [0, 0.1) is 0 Å². The monoisotopic (exact) mass is 260 g/mol. The van der Waals surface area contributed by atoms with Gasteiger partial charge in [0, 0.05) is 11.5 Å². The SMILES string of the molecule is CC(c1ccccc1)c1cccc(C(=O)C(F)F)c1. The van der Waals surface area contributed by atoms with Crippen molar-refractivity contribution in [2.75, 3.05) is 0 Å². The summed E-state index contributed by atoms with van der Waals surface area (Å²) in [5.74, 6) is -1.06. The Hall–Kier alpha value is -2.03. The van der Waals surface area contributed by atoms with Gasteiger partial charge >= 0.3 is 6.43 Å².